The zero-order valence-corrected chi connectivity index (χ0v) is 9.46. The maximum Gasteiger partial charge on any atom is 0.335 e. The topological polar surface area (TPSA) is 95.6 Å². The van der Waals surface area contributed by atoms with Crippen molar-refractivity contribution in [1.29, 1.82) is 0 Å². The predicted molar refractivity (Wildman–Crippen MR) is 63.6 cm³/mol. The fourth-order valence-electron chi connectivity index (χ4n) is 2.00. The minimum absolute atomic E-state index is 0.171. The van der Waals surface area contributed by atoms with Crippen molar-refractivity contribution in [3.63, 3.8) is 0 Å². The predicted octanol–water partition coefficient (Wildman–Crippen LogP) is 1.46. The molecule has 6 nitrogen and oxygen atoms in total. The van der Waals surface area contributed by atoms with E-state index in [1.165, 1.54) is 12.1 Å². The number of benzene rings is 1. The molecule has 1 aromatic heterocycles. The highest BCUT2D eigenvalue weighted by Gasteiger charge is 2.28. The van der Waals surface area contributed by atoms with Crippen LogP contribution in [0.1, 0.15) is 23.2 Å². The standard InChI is InChI=1S/C12H12N2O4/c15-8-4-7(5-8)13-12-14-9-2-1-6(11(16)17)3-10(9)18-12/h1-3,7-8,15H,4-5H2,(H,13,14)(H,16,17). The summed E-state index contributed by atoms with van der Waals surface area (Å²) in [5.41, 5.74) is 1.23. The maximum atomic E-state index is 10.8. The number of aliphatic hydroxyl groups excluding tert-OH is 1. The normalized spacial score (nSPS) is 22.7. The number of anilines is 1. The zero-order valence-electron chi connectivity index (χ0n) is 9.46. The van der Waals surface area contributed by atoms with E-state index in [4.69, 9.17) is 9.52 Å². The number of carboxylic acids is 1. The number of nitrogens with one attached hydrogen (secondary N) is 1. The van der Waals surface area contributed by atoms with E-state index in [9.17, 15) is 9.90 Å². The van der Waals surface area contributed by atoms with Crippen molar-refractivity contribution in [2.45, 2.75) is 25.0 Å². The molecule has 1 aromatic carbocycles. The highest BCUT2D eigenvalue weighted by Crippen LogP contribution is 2.26. The van der Waals surface area contributed by atoms with Crippen LogP contribution in [0.4, 0.5) is 6.01 Å². The maximum absolute atomic E-state index is 10.8. The third-order valence-corrected chi connectivity index (χ3v) is 3.08. The molecule has 0 unspecified atom stereocenters. The number of carboxylic acid groups (broad SMARTS) is 1. The van der Waals surface area contributed by atoms with Gasteiger partial charge in [0.1, 0.15) is 5.52 Å². The lowest BCUT2D eigenvalue weighted by molar-refractivity contribution is 0.0696. The van der Waals surface area contributed by atoms with Crippen molar-refractivity contribution in [2.75, 3.05) is 5.32 Å². The molecule has 2 aromatic rings. The number of oxazole rings is 1. The van der Waals surface area contributed by atoms with Gasteiger partial charge in [0, 0.05) is 6.04 Å². The molecule has 18 heavy (non-hydrogen) atoms. The van der Waals surface area contributed by atoms with Gasteiger partial charge in [-0.25, -0.2) is 4.79 Å². The van der Waals surface area contributed by atoms with Crippen LogP contribution in [0.5, 0.6) is 0 Å². The van der Waals surface area contributed by atoms with Gasteiger partial charge in [0.25, 0.3) is 6.01 Å². The van der Waals surface area contributed by atoms with E-state index in [0.29, 0.717) is 30.0 Å². The minimum atomic E-state index is -0.995. The lowest BCUT2D eigenvalue weighted by Gasteiger charge is -2.31. The Kier molecular flexibility index (Phi) is 2.45. The largest absolute Gasteiger partial charge is 0.478 e. The summed E-state index contributed by atoms with van der Waals surface area (Å²) in [6.45, 7) is 0. The number of aliphatic hydroxyl groups is 1. The number of aromatic carboxylic acids is 1. The van der Waals surface area contributed by atoms with E-state index >= 15 is 0 Å². The lowest BCUT2D eigenvalue weighted by Crippen LogP contribution is -2.38. The molecule has 0 bridgehead atoms. The molecule has 3 N–H and O–H groups in total. The first kappa shape index (κ1) is 11.0. The van der Waals surface area contributed by atoms with Gasteiger partial charge in [-0.15, -0.1) is 0 Å². The van der Waals surface area contributed by atoms with Crippen LogP contribution in [-0.4, -0.2) is 33.3 Å². The average Bonchev–Trinajstić information content (AvgIpc) is 2.67. The molecule has 1 aliphatic rings. The number of hydrogen-bond donors (Lipinski definition) is 3. The molecule has 0 atom stereocenters. The van der Waals surface area contributed by atoms with Gasteiger partial charge in [-0.3, -0.25) is 0 Å². The highest BCUT2D eigenvalue weighted by atomic mass is 16.4. The molecule has 94 valence electrons. The Bertz CT molecular complexity index is 601. The number of carbonyl (C=O) groups is 1. The molecule has 6 heteroatoms. The first-order valence-corrected chi connectivity index (χ1v) is 5.70. The second-order valence-electron chi connectivity index (χ2n) is 4.47. The Hall–Kier alpha value is -2.08. The minimum Gasteiger partial charge on any atom is -0.478 e. The van der Waals surface area contributed by atoms with Gasteiger partial charge >= 0.3 is 5.97 Å². The van der Waals surface area contributed by atoms with Crippen molar-refractivity contribution in [1.82, 2.24) is 4.98 Å². The summed E-state index contributed by atoms with van der Waals surface area (Å²) < 4.78 is 5.43. The fraction of sp³-hybridized carbons (Fsp3) is 0.333. The molecule has 0 saturated heterocycles. The third kappa shape index (κ3) is 1.91. The summed E-state index contributed by atoms with van der Waals surface area (Å²) in [6, 6.07) is 5.09. The number of hydrogen-bond acceptors (Lipinski definition) is 5. The Morgan fingerprint density at radius 2 is 2.22 bits per heavy atom. The summed E-state index contributed by atoms with van der Waals surface area (Å²) in [7, 11) is 0. The van der Waals surface area contributed by atoms with Crippen LogP contribution < -0.4 is 5.32 Å². The molecule has 1 heterocycles. The monoisotopic (exact) mass is 248 g/mol. The van der Waals surface area contributed by atoms with Gasteiger partial charge in [-0.1, -0.05) is 0 Å². The Labute approximate surface area is 102 Å². The molecule has 0 aliphatic heterocycles. The number of rotatable bonds is 3. The second kappa shape index (κ2) is 3.99. The van der Waals surface area contributed by atoms with Gasteiger partial charge in [-0.05, 0) is 31.0 Å². The smallest absolute Gasteiger partial charge is 0.335 e. The van der Waals surface area contributed by atoms with Crippen LogP contribution >= 0.6 is 0 Å². The van der Waals surface area contributed by atoms with Crippen molar-refractivity contribution >= 4 is 23.1 Å². The van der Waals surface area contributed by atoms with Gasteiger partial charge in [0.2, 0.25) is 0 Å². The molecular weight excluding hydrogens is 236 g/mol. The molecule has 0 amide bonds. The van der Waals surface area contributed by atoms with E-state index < -0.39 is 5.97 Å². The fourth-order valence-corrected chi connectivity index (χ4v) is 2.00. The Morgan fingerprint density at radius 1 is 1.44 bits per heavy atom. The Balaban J connectivity index is 1.84. The SMILES string of the molecule is O=C(O)c1ccc2nc(NC3CC(O)C3)oc2c1. The van der Waals surface area contributed by atoms with Crippen LogP contribution in [-0.2, 0) is 0 Å². The average molecular weight is 248 g/mol. The summed E-state index contributed by atoms with van der Waals surface area (Å²) >= 11 is 0. The summed E-state index contributed by atoms with van der Waals surface area (Å²) in [5.74, 6) is -0.995. The summed E-state index contributed by atoms with van der Waals surface area (Å²) in [5, 5.41) is 21.1. The second-order valence-corrected chi connectivity index (χ2v) is 4.47. The van der Waals surface area contributed by atoms with Crippen LogP contribution in [0.2, 0.25) is 0 Å². The van der Waals surface area contributed by atoms with Crippen molar-refractivity contribution in [3.8, 4) is 0 Å². The molecule has 0 spiro atoms. The van der Waals surface area contributed by atoms with Crippen molar-refractivity contribution in [3.05, 3.63) is 23.8 Å². The van der Waals surface area contributed by atoms with Gasteiger partial charge in [-0.2, -0.15) is 4.98 Å². The van der Waals surface area contributed by atoms with E-state index in [1.807, 2.05) is 0 Å². The van der Waals surface area contributed by atoms with Crippen LogP contribution in [0, 0.1) is 0 Å². The van der Waals surface area contributed by atoms with Crippen LogP contribution in [0.25, 0.3) is 11.1 Å². The van der Waals surface area contributed by atoms with Gasteiger partial charge in [0.05, 0.1) is 11.7 Å². The molecule has 0 radical (unpaired) electrons. The first-order valence-electron chi connectivity index (χ1n) is 5.70. The van der Waals surface area contributed by atoms with E-state index in [0.717, 1.165) is 0 Å². The van der Waals surface area contributed by atoms with Crippen LogP contribution in [0.3, 0.4) is 0 Å². The third-order valence-electron chi connectivity index (χ3n) is 3.08. The first-order chi connectivity index (χ1) is 8.61. The quantitative estimate of drug-likeness (QED) is 0.761. The van der Waals surface area contributed by atoms with E-state index in [-0.39, 0.29) is 17.7 Å². The molecule has 1 fully saturated rings. The van der Waals surface area contributed by atoms with Crippen molar-refractivity contribution in [2.24, 2.45) is 0 Å². The number of aromatic nitrogens is 1. The van der Waals surface area contributed by atoms with E-state index in [2.05, 4.69) is 10.3 Å². The van der Waals surface area contributed by atoms with Crippen LogP contribution in [0.15, 0.2) is 22.6 Å². The van der Waals surface area contributed by atoms with Gasteiger partial charge < -0.3 is 19.9 Å². The lowest BCUT2D eigenvalue weighted by atomic mass is 9.90. The molecular formula is C12H12N2O4. The zero-order chi connectivity index (χ0) is 12.7. The molecule has 3 rings (SSSR count). The summed E-state index contributed by atoms with van der Waals surface area (Å²) in [4.78, 5) is 15.0. The van der Waals surface area contributed by atoms with Gasteiger partial charge in [0.15, 0.2) is 5.58 Å². The molecule has 1 saturated carbocycles. The van der Waals surface area contributed by atoms with E-state index in [1.54, 1.807) is 6.07 Å². The number of fused-ring (bicyclic) bond motifs is 1. The molecule has 1 aliphatic carbocycles. The number of nitrogens with zero attached hydrogens (tertiary/aromatic N) is 1. The van der Waals surface area contributed by atoms with Crippen molar-refractivity contribution < 1.29 is 19.4 Å². The highest BCUT2D eigenvalue weighted by molar-refractivity contribution is 5.92. The summed E-state index contributed by atoms with van der Waals surface area (Å²) in [6.07, 6.45) is 1.11. The Morgan fingerprint density at radius 3 is 2.89 bits per heavy atom.